The van der Waals surface area contributed by atoms with E-state index in [1.165, 1.54) is 6.42 Å². The Balaban J connectivity index is 1.31. The number of nitrogens with zero attached hydrogens (tertiary/aromatic N) is 4. The molecule has 4 saturated carbocycles. The van der Waals surface area contributed by atoms with Crippen molar-refractivity contribution in [2.24, 2.45) is 17.3 Å². The minimum absolute atomic E-state index is 0.113. The molecule has 1 aromatic carbocycles. The second-order valence-corrected chi connectivity index (χ2v) is 9.11. The van der Waals surface area contributed by atoms with E-state index in [1.54, 1.807) is 0 Å². The molecule has 28 heavy (non-hydrogen) atoms. The summed E-state index contributed by atoms with van der Waals surface area (Å²) in [4.78, 5) is 15.3. The Labute approximate surface area is 162 Å². The van der Waals surface area contributed by atoms with Crippen molar-refractivity contribution in [2.45, 2.75) is 51.0 Å². The van der Waals surface area contributed by atoms with Gasteiger partial charge in [0.2, 0.25) is 12.7 Å². The molecule has 1 aromatic heterocycles. The second kappa shape index (κ2) is 5.46. The molecule has 0 radical (unpaired) electrons. The quantitative estimate of drug-likeness (QED) is 0.879. The lowest BCUT2D eigenvalue weighted by Crippen LogP contribution is -2.60. The minimum atomic E-state index is -0.359. The van der Waals surface area contributed by atoms with Crippen LogP contribution < -0.4 is 14.8 Å². The number of fused-ring (bicyclic) bond motifs is 1. The van der Waals surface area contributed by atoms with Gasteiger partial charge in [0, 0.05) is 11.8 Å². The van der Waals surface area contributed by atoms with Crippen LogP contribution in [0.25, 0.3) is 0 Å². The van der Waals surface area contributed by atoms with E-state index >= 15 is 0 Å². The first-order valence-electron chi connectivity index (χ1n) is 10.0. The van der Waals surface area contributed by atoms with Crippen LogP contribution in [-0.2, 0) is 10.3 Å². The number of nitrogens with one attached hydrogen (secondary N) is 1. The van der Waals surface area contributed by atoms with E-state index < -0.39 is 0 Å². The molecule has 1 amide bonds. The Morgan fingerprint density at radius 1 is 1.18 bits per heavy atom. The average Bonchev–Trinajstić information content (AvgIpc) is 3.29. The highest BCUT2D eigenvalue weighted by Crippen LogP contribution is 2.64. The number of hydrogen-bond acceptors (Lipinski definition) is 6. The highest BCUT2D eigenvalue weighted by Gasteiger charge is 2.62. The van der Waals surface area contributed by atoms with Gasteiger partial charge in [0.15, 0.2) is 17.3 Å². The van der Waals surface area contributed by atoms with Crippen LogP contribution in [0, 0.1) is 24.2 Å². The molecule has 0 spiro atoms. The number of tetrazole rings is 1. The molecular weight excluding hydrogens is 358 g/mol. The van der Waals surface area contributed by atoms with E-state index in [9.17, 15) is 4.79 Å². The van der Waals surface area contributed by atoms with Gasteiger partial charge in [0.1, 0.15) is 0 Å². The first-order valence-corrected chi connectivity index (χ1v) is 10.0. The fourth-order valence-corrected chi connectivity index (χ4v) is 6.44. The van der Waals surface area contributed by atoms with Crippen molar-refractivity contribution >= 4 is 11.6 Å². The standard InChI is InChI=1S/C20H23N5O3/c1-12-22-24-25(23-12)20-8-13-4-14(9-20)7-19(6-13,10-20)18(26)21-15-2-3-16-17(5-15)28-11-27-16/h2-3,5,13-14H,4,6-11H2,1H3,(H,21,26)/t13-,14-,19?,20?/m0/s1. The Morgan fingerprint density at radius 3 is 2.71 bits per heavy atom. The lowest BCUT2D eigenvalue weighted by molar-refractivity contribution is -0.152. The maximum Gasteiger partial charge on any atom is 0.231 e. The number of aromatic nitrogens is 4. The van der Waals surface area contributed by atoms with Crippen molar-refractivity contribution in [2.75, 3.05) is 12.1 Å². The first-order chi connectivity index (χ1) is 13.5. The topological polar surface area (TPSA) is 91.2 Å². The zero-order valence-electron chi connectivity index (χ0n) is 15.9. The average molecular weight is 381 g/mol. The molecule has 4 aliphatic carbocycles. The lowest BCUT2D eigenvalue weighted by Gasteiger charge is -2.60. The van der Waals surface area contributed by atoms with Crippen molar-refractivity contribution in [1.29, 1.82) is 0 Å². The van der Waals surface area contributed by atoms with Crippen molar-refractivity contribution in [3.8, 4) is 11.5 Å². The summed E-state index contributed by atoms with van der Waals surface area (Å²) in [5.41, 5.74) is 0.230. The van der Waals surface area contributed by atoms with Gasteiger partial charge in [-0.1, -0.05) is 0 Å². The fourth-order valence-electron chi connectivity index (χ4n) is 6.44. The maximum atomic E-state index is 13.5. The van der Waals surface area contributed by atoms with Gasteiger partial charge >= 0.3 is 0 Å². The van der Waals surface area contributed by atoms with Crippen molar-refractivity contribution in [3.05, 3.63) is 24.0 Å². The largest absolute Gasteiger partial charge is 0.454 e. The van der Waals surface area contributed by atoms with E-state index in [0.29, 0.717) is 23.4 Å². The molecule has 1 aliphatic heterocycles. The molecule has 8 nitrogen and oxygen atoms in total. The van der Waals surface area contributed by atoms with E-state index in [-0.39, 0.29) is 23.7 Å². The predicted octanol–water partition coefficient (Wildman–Crippen LogP) is 2.64. The van der Waals surface area contributed by atoms with Crippen LogP contribution in [0.5, 0.6) is 11.5 Å². The minimum Gasteiger partial charge on any atom is -0.454 e. The summed E-state index contributed by atoms with van der Waals surface area (Å²) in [5.74, 6) is 3.31. The van der Waals surface area contributed by atoms with Gasteiger partial charge in [-0.15, -0.1) is 10.2 Å². The number of rotatable bonds is 3. The Bertz CT molecular complexity index is 957. The fraction of sp³-hybridized carbons (Fsp3) is 0.600. The molecule has 5 aliphatic rings. The summed E-state index contributed by atoms with van der Waals surface area (Å²) in [5, 5.41) is 16.1. The highest BCUT2D eigenvalue weighted by molar-refractivity contribution is 5.96. The maximum absolute atomic E-state index is 13.5. The van der Waals surface area contributed by atoms with Crippen LogP contribution in [0.15, 0.2) is 18.2 Å². The number of aryl methyl sites for hydroxylation is 1. The molecule has 4 bridgehead atoms. The number of anilines is 1. The lowest BCUT2D eigenvalue weighted by atomic mass is 9.46. The number of amides is 1. The Hall–Kier alpha value is -2.64. The van der Waals surface area contributed by atoms with Crippen molar-refractivity contribution < 1.29 is 14.3 Å². The summed E-state index contributed by atoms with van der Waals surface area (Å²) in [6, 6.07) is 5.57. The number of benzene rings is 1. The van der Waals surface area contributed by atoms with Crippen LogP contribution in [0.4, 0.5) is 5.69 Å². The zero-order valence-corrected chi connectivity index (χ0v) is 15.9. The van der Waals surface area contributed by atoms with Gasteiger partial charge in [0.05, 0.1) is 11.0 Å². The third-order valence-corrected chi connectivity index (χ3v) is 7.08. The molecule has 2 heterocycles. The predicted molar refractivity (Wildman–Crippen MR) is 98.8 cm³/mol. The summed E-state index contributed by atoms with van der Waals surface area (Å²) >= 11 is 0. The molecule has 7 rings (SSSR count). The summed E-state index contributed by atoms with van der Waals surface area (Å²) in [6.07, 6.45) is 6.02. The third kappa shape index (κ3) is 2.29. The molecule has 2 atom stereocenters. The smallest absolute Gasteiger partial charge is 0.231 e. The first kappa shape index (κ1) is 16.3. The van der Waals surface area contributed by atoms with Gasteiger partial charge in [-0.25, -0.2) is 0 Å². The van der Waals surface area contributed by atoms with Crippen LogP contribution in [0.1, 0.15) is 44.3 Å². The Morgan fingerprint density at radius 2 is 1.96 bits per heavy atom. The third-order valence-electron chi connectivity index (χ3n) is 7.08. The second-order valence-electron chi connectivity index (χ2n) is 9.11. The molecule has 2 aromatic rings. The summed E-state index contributed by atoms with van der Waals surface area (Å²) < 4.78 is 10.8. The zero-order chi connectivity index (χ0) is 18.9. The monoisotopic (exact) mass is 381 g/mol. The molecule has 8 heteroatoms. The van der Waals surface area contributed by atoms with Crippen LogP contribution >= 0.6 is 0 Å². The van der Waals surface area contributed by atoms with Gasteiger partial charge in [-0.3, -0.25) is 4.79 Å². The van der Waals surface area contributed by atoms with Gasteiger partial charge in [0.25, 0.3) is 0 Å². The molecule has 1 N–H and O–H groups in total. The SMILES string of the molecule is Cc1nnn(C23C[C@H]4C[C@@H](CC(C(=O)Nc5ccc6c(c5)OCO6)(C4)C2)C3)n1. The number of carbonyl (C=O) groups is 1. The van der Waals surface area contributed by atoms with E-state index in [4.69, 9.17) is 9.47 Å². The summed E-state index contributed by atoms with van der Waals surface area (Å²) in [7, 11) is 0. The molecular formula is C20H23N5O3. The van der Waals surface area contributed by atoms with Crippen LogP contribution in [-0.4, -0.2) is 32.9 Å². The molecule has 0 saturated heterocycles. The molecule has 0 unspecified atom stereocenters. The van der Waals surface area contributed by atoms with Crippen molar-refractivity contribution in [3.63, 3.8) is 0 Å². The van der Waals surface area contributed by atoms with Crippen LogP contribution in [0.2, 0.25) is 0 Å². The van der Waals surface area contributed by atoms with Gasteiger partial charge in [-0.05, 0) is 74.6 Å². The number of carbonyl (C=O) groups excluding carboxylic acids is 1. The van der Waals surface area contributed by atoms with Gasteiger partial charge in [-0.2, -0.15) is 4.80 Å². The van der Waals surface area contributed by atoms with Crippen LogP contribution in [0.3, 0.4) is 0 Å². The number of ether oxygens (including phenoxy) is 2. The normalized spacial score (nSPS) is 34.6. The van der Waals surface area contributed by atoms with Crippen molar-refractivity contribution in [1.82, 2.24) is 20.2 Å². The van der Waals surface area contributed by atoms with Gasteiger partial charge < -0.3 is 14.8 Å². The van der Waals surface area contributed by atoms with E-state index in [1.807, 2.05) is 29.9 Å². The summed E-state index contributed by atoms with van der Waals surface area (Å²) in [6.45, 7) is 2.10. The highest BCUT2D eigenvalue weighted by atomic mass is 16.7. The van der Waals surface area contributed by atoms with E-state index in [0.717, 1.165) is 43.5 Å². The molecule has 4 fully saturated rings. The molecule has 146 valence electrons. The number of hydrogen-bond donors (Lipinski definition) is 1. The Kier molecular flexibility index (Phi) is 3.18. The van der Waals surface area contributed by atoms with E-state index in [2.05, 4.69) is 20.7 Å².